The molecule has 45 heavy (non-hydrogen) atoms. The van der Waals surface area contributed by atoms with Gasteiger partial charge >= 0.3 is 0 Å². The van der Waals surface area contributed by atoms with E-state index in [4.69, 9.17) is 5.73 Å². The number of nitrogens with one attached hydrogen (secondary N) is 1. The molecule has 0 aliphatic carbocycles. The van der Waals surface area contributed by atoms with Crippen LogP contribution in [0.2, 0.25) is 0 Å². The quantitative estimate of drug-likeness (QED) is 0.192. The van der Waals surface area contributed by atoms with Crippen molar-refractivity contribution in [2.75, 3.05) is 18.8 Å². The zero-order valence-corrected chi connectivity index (χ0v) is 27.9. The van der Waals surface area contributed by atoms with E-state index in [-0.39, 0.29) is 37.4 Å². The molecule has 2 aromatic rings. The maximum absolute atomic E-state index is 14.1. The van der Waals surface area contributed by atoms with Gasteiger partial charge in [-0.2, -0.15) is 0 Å². The number of benzene rings is 2. The van der Waals surface area contributed by atoms with Crippen molar-refractivity contribution >= 4 is 21.7 Å². The lowest BCUT2D eigenvalue weighted by Crippen LogP contribution is -2.55. The molecule has 4 N–H and O–H groups in total. The number of hydrogen-bond donors (Lipinski definition) is 3. The first kappa shape index (κ1) is 38.3. The van der Waals surface area contributed by atoms with Crippen molar-refractivity contribution in [3.8, 4) is 0 Å². The van der Waals surface area contributed by atoms with Crippen LogP contribution < -0.4 is 11.1 Å². The van der Waals surface area contributed by atoms with E-state index in [1.807, 2.05) is 58.0 Å². The third-order valence-corrected chi connectivity index (χ3v) is 10.1. The van der Waals surface area contributed by atoms with E-state index in [9.17, 15) is 31.9 Å². The van der Waals surface area contributed by atoms with Gasteiger partial charge in [0.1, 0.15) is 17.7 Å². The van der Waals surface area contributed by atoms with Crippen LogP contribution in [0.1, 0.15) is 77.3 Å². The van der Waals surface area contributed by atoms with Crippen LogP contribution in [-0.2, 0) is 32.3 Å². The highest BCUT2D eigenvalue weighted by molar-refractivity contribution is 7.92. The molecule has 0 saturated carbocycles. The van der Waals surface area contributed by atoms with E-state index in [0.717, 1.165) is 23.8 Å². The molecule has 252 valence electrons. The summed E-state index contributed by atoms with van der Waals surface area (Å²) >= 11 is 0. The molecule has 0 saturated heterocycles. The first-order valence-electron chi connectivity index (χ1n) is 16.0. The highest BCUT2D eigenvalue weighted by atomic mass is 32.2. The molecule has 1 unspecified atom stereocenters. The molecular formula is C34H51F2N3O5S. The first-order chi connectivity index (χ1) is 21.2. The monoisotopic (exact) mass is 651 g/mol. The lowest BCUT2D eigenvalue weighted by molar-refractivity contribution is -0.137. The molecule has 0 aromatic heterocycles. The van der Waals surface area contributed by atoms with Crippen molar-refractivity contribution in [2.45, 2.75) is 102 Å². The summed E-state index contributed by atoms with van der Waals surface area (Å²) in [6, 6.07) is 10.0. The van der Waals surface area contributed by atoms with Crippen LogP contribution in [-0.4, -0.2) is 72.5 Å². The predicted octanol–water partition coefficient (Wildman–Crippen LogP) is 4.57. The minimum atomic E-state index is -3.78. The zero-order chi connectivity index (χ0) is 33.6. The Balaban J connectivity index is 2.32. The molecule has 0 aliphatic heterocycles. The van der Waals surface area contributed by atoms with Crippen molar-refractivity contribution in [3.05, 3.63) is 71.3 Å². The molecule has 2 rings (SSSR count). The lowest BCUT2D eigenvalue weighted by Gasteiger charge is -2.32. The Labute approximate surface area is 267 Å². The summed E-state index contributed by atoms with van der Waals surface area (Å²) in [5.41, 5.74) is 7.40. The lowest BCUT2D eigenvalue weighted by atomic mass is 10.0. The van der Waals surface area contributed by atoms with Crippen molar-refractivity contribution in [1.29, 1.82) is 0 Å². The Morgan fingerprint density at radius 3 is 2.11 bits per heavy atom. The van der Waals surface area contributed by atoms with Crippen LogP contribution in [0, 0.1) is 17.6 Å². The smallest absolute Gasteiger partial charge is 0.246 e. The maximum atomic E-state index is 14.1. The second-order valence-electron chi connectivity index (χ2n) is 12.3. The number of rotatable bonds is 20. The van der Waals surface area contributed by atoms with Crippen molar-refractivity contribution in [1.82, 2.24) is 10.2 Å². The van der Waals surface area contributed by atoms with Gasteiger partial charge in [-0.05, 0) is 61.3 Å². The average molecular weight is 652 g/mol. The summed E-state index contributed by atoms with van der Waals surface area (Å²) in [6.45, 7) is 7.70. The molecule has 0 spiro atoms. The fourth-order valence-corrected chi connectivity index (χ4v) is 7.44. The number of carbonyl (C=O) groups is 2. The Bertz CT molecular complexity index is 1280. The number of carbonyl (C=O) groups excluding carboxylic acids is 2. The molecule has 0 radical (unpaired) electrons. The third-order valence-electron chi connectivity index (χ3n) is 7.83. The van der Waals surface area contributed by atoms with Crippen LogP contribution >= 0.6 is 0 Å². The molecule has 2 amide bonds. The first-order valence-corrected chi connectivity index (χ1v) is 17.7. The van der Waals surface area contributed by atoms with Gasteiger partial charge in [0, 0.05) is 31.6 Å². The fourth-order valence-electron chi connectivity index (χ4n) is 5.28. The van der Waals surface area contributed by atoms with Gasteiger partial charge in [0.2, 0.25) is 11.8 Å². The molecule has 3 atom stereocenters. The van der Waals surface area contributed by atoms with Gasteiger partial charge in [-0.1, -0.05) is 70.9 Å². The number of nitrogens with two attached hydrogens (primary N) is 1. The molecule has 0 bridgehead atoms. The van der Waals surface area contributed by atoms with Gasteiger partial charge in [0.15, 0.2) is 9.84 Å². The number of aryl methyl sites for hydroxylation is 1. The fraction of sp³-hybridized carbons (Fsp3) is 0.588. The Morgan fingerprint density at radius 2 is 1.56 bits per heavy atom. The topological polar surface area (TPSA) is 130 Å². The summed E-state index contributed by atoms with van der Waals surface area (Å²) in [5, 5.41) is 13.1. The zero-order valence-electron chi connectivity index (χ0n) is 27.1. The second-order valence-corrected chi connectivity index (χ2v) is 14.6. The summed E-state index contributed by atoms with van der Waals surface area (Å²) in [4.78, 5) is 28.5. The predicted molar refractivity (Wildman–Crippen MR) is 174 cm³/mol. The SMILES string of the molecule is CCCC(CCC)S(=O)(=O)CC(NC(=O)CCc1ccccc1)C(=O)N(CCC(C)C)C[C@@H](O)[C@@H](N)Cc1cc(F)cc(F)c1. The molecule has 0 aliphatic rings. The summed E-state index contributed by atoms with van der Waals surface area (Å²) in [6.07, 6.45) is 1.91. The van der Waals surface area contributed by atoms with E-state index >= 15 is 0 Å². The summed E-state index contributed by atoms with van der Waals surface area (Å²) < 4.78 is 54.7. The van der Waals surface area contributed by atoms with Crippen LogP contribution in [0.5, 0.6) is 0 Å². The van der Waals surface area contributed by atoms with E-state index < -0.39 is 62.5 Å². The average Bonchev–Trinajstić information content (AvgIpc) is 2.97. The number of sulfone groups is 1. The number of hydrogen-bond acceptors (Lipinski definition) is 6. The molecule has 2 aromatic carbocycles. The number of aliphatic hydroxyl groups is 1. The van der Waals surface area contributed by atoms with Gasteiger partial charge in [-0.25, -0.2) is 17.2 Å². The van der Waals surface area contributed by atoms with E-state index in [1.165, 1.54) is 4.90 Å². The van der Waals surface area contributed by atoms with Crippen molar-refractivity contribution in [3.63, 3.8) is 0 Å². The highest BCUT2D eigenvalue weighted by Gasteiger charge is 2.35. The van der Waals surface area contributed by atoms with Crippen molar-refractivity contribution in [2.24, 2.45) is 11.7 Å². The largest absolute Gasteiger partial charge is 0.390 e. The van der Waals surface area contributed by atoms with Crippen LogP contribution in [0.4, 0.5) is 8.78 Å². The highest BCUT2D eigenvalue weighted by Crippen LogP contribution is 2.19. The normalized spacial score (nSPS) is 13.9. The van der Waals surface area contributed by atoms with Gasteiger partial charge < -0.3 is 21.1 Å². The van der Waals surface area contributed by atoms with Gasteiger partial charge in [0.25, 0.3) is 0 Å². The molecule has 11 heteroatoms. The molecule has 0 heterocycles. The van der Waals surface area contributed by atoms with E-state index in [1.54, 1.807) is 0 Å². The number of aliphatic hydroxyl groups excluding tert-OH is 1. The molecule has 0 fully saturated rings. The van der Waals surface area contributed by atoms with Crippen molar-refractivity contribution < 1.29 is 31.9 Å². The maximum Gasteiger partial charge on any atom is 0.246 e. The van der Waals surface area contributed by atoms with Crippen LogP contribution in [0.3, 0.4) is 0 Å². The summed E-state index contributed by atoms with van der Waals surface area (Å²) in [7, 11) is -3.78. The standard InChI is InChI=1S/C34H51F2N3O5S/c1-5-10-29(11-6-2)45(43,44)23-31(38-33(41)15-14-25-12-8-7-9-13-25)34(42)39(17-16-24(3)4)22-32(40)30(37)20-26-18-27(35)21-28(36)19-26/h7-9,12-13,18-19,21,24,29-32,40H,5-6,10-11,14-17,20,22-23,37H2,1-4H3,(H,38,41)/t30-,31?,32+/m0/s1. The molecule has 8 nitrogen and oxygen atoms in total. The Hall–Kier alpha value is -2.89. The van der Waals surface area contributed by atoms with Gasteiger partial charge in [-0.3, -0.25) is 9.59 Å². The number of nitrogens with zero attached hydrogens (tertiary/aromatic N) is 1. The van der Waals surface area contributed by atoms with E-state index in [2.05, 4.69) is 5.32 Å². The van der Waals surface area contributed by atoms with E-state index in [0.29, 0.717) is 38.5 Å². The Morgan fingerprint density at radius 1 is 0.956 bits per heavy atom. The number of amides is 2. The van der Waals surface area contributed by atoms with Crippen LogP contribution in [0.15, 0.2) is 48.5 Å². The third kappa shape index (κ3) is 13.6. The van der Waals surface area contributed by atoms with Gasteiger partial charge in [0.05, 0.1) is 17.1 Å². The molecular weight excluding hydrogens is 600 g/mol. The second kappa shape index (κ2) is 18.9. The minimum Gasteiger partial charge on any atom is -0.390 e. The van der Waals surface area contributed by atoms with Gasteiger partial charge in [-0.15, -0.1) is 0 Å². The summed E-state index contributed by atoms with van der Waals surface area (Å²) in [5.74, 6) is -2.99. The minimum absolute atomic E-state index is 0.0498. The number of halogens is 2. The Kier molecular flexibility index (Phi) is 16.1. The van der Waals surface area contributed by atoms with Crippen LogP contribution in [0.25, 0.3) is 0 Å².